The van der Waals surface area contributed by atoms with Crippen molar-refractivity contribution >= 4 is 33.4 Å². The molecule has 1 N–H and O–H groups in total. The summed E-state index contributed by atoms with van der Waals surface area (Å²) in [6.07, 6.45) is 1.77. The maximum absolute atomic E-state index is 10.8. The maximum Gasteiger partial charge on any atom is 0.303 e. The van der Waals surface area contributed by atoms with E-state index in [2.05, 4.69) is 20.9 Å². The minimum atomic E-state index is -0.847. The van der Waals surface area contributed by atoms with Gasteiger partial charge in [0.25, 0.3) is 5.69 Å². The first kappa shape index (κ1) is 15.4. The molecule has 0 aromatic carbocycles. The highest BCUT2D eigenvalue weighted by atomic mass is 79.9. The van der Waals surface area contributed by atoms with E-state index in [1.54, 1.807) is 18.9 Å². The predicted octanol–water partition coefficient (Wildman–Crippen LogP) is 2.36. The first-order valence-electron chi connectivity index (χ1n) is 5.57. The van der Waals surface area contributed by atoms with Gasteiger partial charge in [0.1, 0.15) is 12.0 Å². The molecular weight excluding hydrogens is 318 g/mol. The van der Waals surface area contributed by atoms with E-state index in [9.17, 15) is 14.9 Å². The molecule has 0 saturated carbocycles. The maximum atomic E-state index is 10.8. The van der Waals surface area contributed by atoms with Crippen LogP contribution < -0.4 is 4.90 Å². The summed E-state index contributed by atoms with van der Waals surface area (Å²) in [6, 6.07) is 0. The number of carbonyl (C=O) groups is 1. The fraction of sp³-hybridized carbons (Fsp3) is 0.455. The molecule has 0 saturated heterocycles. The van der Waals surface area contributed by atoms with Crippen LogP contribution in [0.1, 0.15) is 18.4 Å². The Bertz CT molecular complexity index is 507. The number of rotatable bonds is 6. The van der Waals surface area contributed by atoms with Crippen molar-refractivity contribution in [3.05, 3.63) is 26.3 Å². The van der Waals surface area contributed by atoms with Gasteiger partial charge in [0.05, 0.1) is 9.40 Å². The molecule has 1 aromatic rings. The second-order valence-corrected chi connectivity index (χ2v) is 4.87. The summed E-state index contributed by atoms with van der Waals surface area (Å²) in [5, 5.41) is 19.3. The Hall–Kier alpha value is -1.70. The van der Waals surface area contributed by atoms with Gasteiger partial charge in [0.15, 0.2) is 0 Å². The van der Waals surface area contributed by atoms with Crippen LogP contribution in [0.4, 0.5) is 11.5 Å². The third-order valence-corrected chi connectivity index (χ3v) is 3.61. The van der Waals surface area contributed by atoms with Crippen molar-refractivity contribution in [3.8, 4) is 0 Å². The Labute approximate surface area is 118 Å². The van der Waals surface area contributed by atoms with Crippen molar-refractivity contribution < 1.29 is 14.8 Å². The lowest BCUT2D eigenvalue weighted by molar-refractivity contribution is -0.385. The Morgan fingerprint density at radius 2 is 2.26 bits per heavy atom. The molecule has 0 fully saturated rings. The molecule has 0 aliphatic heterocycles. The third kappa shape index (κ3) is 3.88. The number of nitrogens with zero attached hydrogens (tertiary/aromatic N) is 3. The molecule has 1 heterocycles. The fourth-order valence-electron chi connectivity index (χ4n) is 1.58. The molecule has 0 unspecified atom stereocenters. The number of anilines is 1. The van der Waals surface area contributed by atoms with Crippen molar-refractivity contribution in [2.45, 2.75) is 19.8 Å². The molecule has 1 rings (SSSR count). The molecule has 0 aliphatic rings. The molecule has 7 nitrogen and oxygen atoms in total. The van der Waals surface area contributed by atoms with Gasteiger partial charge < -0.3 is 10.0 Å². The molecule has 0 amide bonds. The highest BCUT2D eigenvalue weighted by Gasteiger charge is 2.19. The van der Waals surface area contributed by atoms with Crippen molar-refractivity contribution in [2.24, 2.45) is 0 Å². The molecule has 104 valence electrons. The molecule has 0 radical (unpaired) electrons. The molecular formula is C11H14BrN3O4. The Morgan fingerprint density at radius 1 is 1.63 bits per heavy atom. The largest absolute Gasteiger partial charge is 0.481 e. The number of hydrogen-bond donors (Lipinski definition) is 1. The van der Waals surface area contributed by atoms with Crippen molar-refractivity contribution in [2.75, 3.05) is 18.5 Å². The van der Waals surface area contributed by atoms with Crippen LogP contribution in [0.3, 0.4) is 0 Å². The number of carboxylic acids is 1. The molecule has 0 spiro atoms. The van der Waals surface area contributed by atoms with Crippen LogP contribution in [-0.4, -0.2) is 34.6 Å². The van der Waals surface area contributed by atoms with Crippen molar-refractivity contribution in [1.82, 2.24) is 4.98 Å². The topological polar surface area (TPSA) is 96.6 Å². The van der Waals surface area contributed by atoms with Crippen LogP contribution >= 0.6 is 15.9 Å². The summed E-state index contributed by atoms with van der Waals surface area (Å²) >= 11 is 3.30. The van der Waals surface area contributed by atoms with E-state index in [1.165, 1.54) is 6.20 Å². The fourth-order valence-corrected chi connectivity index (χ4v) is 2.19. The third-order valence-electron chi connectivity index (χ3n) is 2.66. The van der Waals surface area contributed by atoms with E-state index in [0.29, 0.717) is 28.8 Å². The highest BCUT2D eigenvalue weighted by Crippen LogP contribution is 2.32. The van der Waals surface area contributed by atoms with Crippen LogP contribution in [0.25, 0.3) is 0 Å². The molecule has 0 aliphatic carbocycles. The number of pyridine rings is 1. The van der Waals surface area contributed by atoms with Gasteiger partial charge in [-0.25, -0.2) is 4.98 Å². The molecule has 0 bridgehead atoms. The Morgan fingerprint density at radius 3 is 2.79 bits per heavy atom. The lowest BCUT2D eigenvalue weighted by Gasteiger charge is -2.19. The van der Waals surface area contributed by atoms with Gasteiger partial charge in [-0.05, 0) is 29.3 Å². The molecule has 8 heteroatoms. The monoisotopic (exact) mass is 331 g/mol. The zero-order chi connectivity index (χ0) is 14.6. The average molecular weight is 332 g/mol. The normalized spacial score (nSPS) is 10.3. The summed E-state index contributed by atoms with van der Waals surface area (Å²) in [4.78, 5) is 26.5. The number of nitro groups is 1. The summed E-state index contributed by atoms with van der Waals surface area (Å²) in [5.41, 5.74) is 0.453. The summed E-state index contributed by atoms with van der Waals surface area (Å²) in [7, 11) is 1.76. The van der Waals surface area contributed by atoms with E-state index >= 15 is 0 Å². The van der Waals surface area contributed by atoms with Gasteiger partial charge >= 0.3 is 5.97 Å². The Kier molecular flexibility index (Phi) is 5.22. The average Bonchev–Trinajstić information content (AvgIpc) is 2.31. The number of hydrogen-bond acceptors (Lipinski definition) is 5. The van der Waals surface area contributed by atoms with E-state index in [-0.39, 0.29) is 12.1 Å². The van der Waals surface area contributed by atoms with Gasteiger partial charge in [-0.15, -0.1) is 0 Å². The van der Waals surface area contributed by atoms with E-state index < -0.39 is 10.9 Å². The van der Waals surface area contributed by atoms with Gasteiger partial charge in [-0.3, -0.25) is 14.9 Å². The van der Waals surface area contributed by atoms with Gasteiger partial charge in [0.2, 0.25) is 0 Å². The number of halogens is 1. The van der Waals surface area contributed by atoms with Crippen LogP contribution in [0.2, 0.25) is 0 Å². The van der Waals surface area contributed by atoms with Gasteiger partial charge in [-0.2, -0.15) is 0 Å². The molecule has 1 aromatic heterocycles. The smallest absolute Gasteiger partial charge is 0.303 e. The first-order valence-corrected chi connectivity index (χ1v) is 6.36. The lowest BCUT2D eigenvalue weighted by atomic mass is 10.2. The zero-order valence-electron chi connectivity index (χ0n) is 10.6. The second kappa shape index (κ2) is 6.46. The van der Waals surface area contributed by atoms with Crippen LogP contribution in [0.5, 0.6) is 0 Å². The lowest BCUT2D eigenvalue weighted by Crippen LogP contribution is -2.21. The van der Waals surface area contributed by atoms with E-state index in [0.717, 1.165) is 0 Å². The van der Waals surface area contributed by atoms with Crippen molar-refractivity contribution in [3.63, 3.8) is 0 Å². The number of aromatic nitrogens is 1. The molecule has 19 heavy (non-hydrogen) atoms. The van der Waals surface area contributed by atoms with Gasteiger partial charge in [-0.1, -0.05) is 0 Å². The summed E-state index contributed by atoms with van der Waals surface area (Å²) in [5.74, 6) is -0.284. The van der Waals surface area contributed by atoms with Crippen molar-refractivity contribution in [1.29, 1.82) is 0 Å². The first-order chi connectivity index (χ1) is 8.84. The Balaban J connectivity index is 2.87. The van der Waals surface area contributed by atoms with Crippen LogP contribution in [0.15, 0.2) is 10.7 Å². The van der Waals surface area contributed by atoms with Gasteiger partial charge in [0, 0.05) is 25.6 Å². The van der Waals surface area contributed by atoms with Crippen LogP contribution in [0, 0.1) is 17.0 Å². The van der Waals surface area contributed by atoms with E-state index in [4.69, 9.17) is 5.11 Å². The SMILES string of the molecule is Cc1c([N+](=O)[O-])cnc(N(C)CCCC(=O)O)c1Br. The summed E-state index contributed by atoms with van der Waals surface area (Å²) in [6.45, 7) is 2.15. The van der Waals surface area contributed by atoms with E-state index in [1.807, 2.05) is 0 Å². The zero-order valence-corrected chi connectivity index (χ0v) is 12.2. The highest BCUT2D eigenvalue weighted by molar-refractivity contribution is 9.10. The quantitative estimate of drug-likeness (QED) is 0.634. The number of carboxylic acid groups (broad SMARTS) is 1. The summed E-state index contributed by atoms with van der Waals surface area (Å²) < 4.78 is 0.555. The van der Waals surface area contributed by atoms with Crippen LogP contribution in [-0.2, 0) is 4.79 Å². The minimum Gasteiger partial charge on any atom is -0.481 e. The minimum absolute atomic E-state index is 0.0467. The predicted molar refractivity (Wildman–Crippen MR) is 73.5 cm³/mol. The number of aliphatic carboxylic acids is 1. The second-order valence-electron chi connectivity index (χ2n) is 4.08. The molecule has 0 atom stereocenters. The standard InChI is InChI=1S/C11H14BrN3O4/c1-7-8(15(18)19)6-13-11(10(7)12)14(2)5-3-4-9(16)17/h6H,3-5H2,1-2H3,(H,16,17).